The molecule has 1 aromatic rings. The third kappa shape index (κ3) is 2.56. The molecule has 74 valence electrons. The van der Waals surface area contributed by atoms with Crippen molar-refractivity contribution in [3.63, 3.8) is 0 Å². The van der Waals surface area contributed by atoms with Gasteiger partial charge in [-0.2, -0.15) is 0 Å². The van der Waals surface area contributed by atoms with Crippen LogP contribution in [0.15, 0.2) is 24.3 Å². The molecule has 0 radical (unpaired) electrons. The van der Waals surface area contributed by atoms with Gasteiger partial charge in [-0.05, 0) is 17.9 Å². The maximum absolute atomic E-state index is 11.3. The monoisotopic (exact) mass is 211 g/mol. The Morgan fingerprint density at radius 3 is 2.43 bits per heavy atom. The van der Waals surface area contributed by atoms with Crippen molar-refractivity contribution in [1.29, 1.82) is 0 Å². The fourth-order valence-electron chi connectivity index (χ4n) is 0.934. The molecule has 0 saturated carbocycles. The van der Waals surface area contributed by atoms with E-state index in [1.54, 1.807) is 0 Å². The van der Waals surface area contributed by atoms with Gasteiger partial charge in [-0.25, -0.2) is 0 Å². The minimum absolute atomic E-state index is 0.00282. The Balaban J connectivity index is 2.83. The smallest absolute Gasteiger partial charge is 0.269 e. The number of non-ortho nitro benzene ring substituents is 1. The van der Waals surface area contributed by atoms with Crippen LogP contribution in [0.1, 0.15) is 17.3 Å². The van der Waals surface area contributed by atoms with E-state index in [0.717, 1.165) is 0 Å². The van der Waals surface area contributed by atoms with Crippen molar-refractivity contribution in [2.45, 2.75) is 6.92 Å². The molecule has 0 bridgehead atoms. The molecule has 0 fully saturated rings. The van der Waals surface area contributed by atoms with Gasteiger partial charge in [-0.1, -0.05) is 18.7 Å². The van der Waals surface area contributed by atoms with Crippen molar-refractivity contribution >= 4 is 22.6 Å². The van der Waals surface area contributed by atoms with E-state index >= 15 is 0 Å². The lowest BCUT2D eigenvalue weighted by molar-refractivity contribution is -0.384. The molecule has 0 spiro atoms. The van der Waals surface area contributed by atoms with Crippen molar-refractivity contribution < 1.29 is 9.72 Å². The number of hydrogen-bond donors (Lipinski definition) is 0. The highest BCUT2D eigenvalue weighted by molar-refractivity contribution is 8.14. The van der Waals surface area contributed by atoms with Crippen LogP contribution in [0.3, 0.4) is 0 Å². The number of nitrogens with zero attached hydrogens (tertiary/aromatic N) is 1. The van der Waals surface area contributed by atoms with E-state index in [2.05, 4.69) is 0 Å². The fraction of sp³-hybridized carbons (Fsp3) is 0.222. The Bertz CT molecular complexity index is 348. The third-order valence-electron chi connectivity index (χ3n) is 1.59. The molecule has 0 unspecified atom stereocenters. The van der Waals surface area contributed by atoms with Gasteiger partial charge in [0.15, 0.2) is 0 Å². The van der Waals surface area contributed by atoms with E-state index in [9.17, 15) is 14.9 Å². The van der Waals surface area contributed by atoms with Crippen molar-refractivity contribution in [1.82, 2.24) is 0 Å². The summed E-state index contributed by atoms with van der Waals surface area (Å²) < 4.78 is 0. The minimum Gasteiger partial charge on any atom is -0.282 e. The van der Waals surface area contributed by atoms with Gasteiger partial charge in [0.25, 0.3) is 5.69 Å². The maximum atomic E-state index is 11.3. The van der Waals surface area contributed by atoms with Gasteiger partial charge >= 0.3 is 0 Å². The van der Waals surface area contributed by atoms with E-state index < -0.39 is 4.92 Å². The van der Waals surface area contributed by atoms with Crippen molar-refractivity contribution in [3.8, 4) is 0 Å². The van der Waals surface area contributed by atoms with Gasteiger partial charge < -0.3 is 0 Å². The van der Waals surface area contributed by atoms with Crippen molar-refractivity contribution in [2.24, 2.45) is 0 Å². The van der Waals surface area contributed by atoms with Crippen LogP contribution in [0, 0.1) is 10.1 Å². The highest BCUT2D eigenvalue weighted by Gasteiger charge is 2.08. The first-order valence-corrected chi connectivity index (χ1v) is 5.05. The Morgan fingerprint density at radius 1 is 1.43 bits per heavy atom. The molecule has 5 heteroatoms. The summed E-state index contributed by atoms with van der Waals surface area (Å²) in [6.45, 7) is 1.88. The molecular weight excluding hydrogens is 202 g/mol. The zero-order valence-corrected chi connectivity index (χ0v) is 8.41. The summed E-state index contributed by atoms with van der Waals surface area (Å²) >= 11 is 1.19. The zero-order valence-electron chi connectivity index (χ0n) is 7.60. The summed E-state index contributed by atoms with van der Waals surface area (Å²) in [5, 5.41) is 10.3. The summed E-state index contributed by atoms with van der Waals surface area (Å²) in [6, 6.07) is 5.62. The minimum atomic E-state index is -0.485. The molecule has 1 rings (SSSR count). The largest absolute Gasteiger partial charge is 0.282 e. The quantitative estimate of drug-likeness (QED) is 0.569. The molecule has 0 N–H and O–H groups in total. The van der Waals surface area contributed by atoms with Gasteiger partial charge in [-0.3, -0.25) is 14.9 Å². The Morgan fingerprint density at radius 2 is 2.00 bits per heavy atom. The van der Waals surface area contributed by atoms with Crippen molar-refractivity contribution in [3.05, 3.63) is 39.9 Å². The number of hydrogen-bond acceptors (Lipinski definition) is 4. The van der Waals surface area contributed by atoms with Crippen LogP contribution in [0.2, 0.25) is 0 Å². The number of carbonyl (C=O) groups excluding carboxylic acids is 1. The second kappa shape index (κ2) is 4.76. The van der Waals surface area contributed by atoms with Gasteiger partial charge in [0, 0.05) is 17.7 Å². The van der Waals surface area contributed by atoms with Crippen molar-refractivity contribution in [2.75, 3.05) is 5.75 Å². The van der Waals surface area contributed by atoms with E-state index in [1.807, 2.05) is 6.92 Å². The standard InChI is InChI=1S/C9H9NO3S/c1-2-14-9(11)7-3-5-8(6-4-7)10(12)13/h3-6H,2H2,1H3. The molecule has 1 aromatic carbocycles. The van der Waals surface area contributed by atoms with E-state index in [1.165, 1.54) is 36.0 Å². The van der Waals surface area contributed by atoms with Crippen LogP contribution in [0.5, 0.6) is 0 Å². The molecule has 0 aliphatic rings. The lowest BCUT2D eigenvalue weighted by Crippen LogP contribution is -1.94. The van der Waals surface area contributed by atoms with Crippen LogP contribution in [-0.4, -0.2) is 15.8 Å². The Hall–Kier alpha value is -1.36. The first-order valence-electron chi connectivity index (χ1n) is 4.06. The van der Waals surface area contributed by atoms with Gasteiger partial charge in [0.05, 0.1) is 4.92 Å². The van der Waals surface area contributed by atoms with E-state index in [0.29, 0.717) is 11.3 Å². The highest BCUT2D eigenvalue weighted by Crippen LogP contribution is 2.16. The SMILES string of the molecule is CCSC(=O)c1ccc([N+](=O)[O-])cc1. The normalized spacial score (nSPS) is 9.79. The fourth-order valence-corrected chi connectivity index (χ4v) is 1.50. The second-order valence-electron chi connectivity index (χ2n) is 2.52. The Labute approximate surface area is 85.5 Å². The molecule has 0 atom stereocenters. The van der Waals surface area contributed by atoms with Crippen LogP contribution in [-0.2, 0) is 0 Å². The second-order valence-corrected chi connectivity index (χ2v) is 3.76. The predicted octanol–water partition coefficient (Wildman–Crippen LogP) is 2.49. The number of nitro benzene ring substituents is 1. The highest BCUT2D eigenvalue weighted by atomic mass is 32.2. The molecule has 0 amide bonds. The zero-order chi connectivity index (χ0) is 10.6. The molecule has 0 aliphatic heterocycles. The molecule has 4 nitrogen and oxygen atoms in total. The molecular formula is C9H9NO3S. The summed E-state index contributed by atoms with van der Waals surface area (Å²) in [5.41, 5.74) is 0.505. The Kier molecular flexibility index (Phi) is 3.64. The van der Waals surface area contributed by atoms with E-state index in [4.69, 9.17) is 0 Å². The summed E-state index contributed by atoms with van der Waals surface area (Å²) in [6.07, 6.45) is 0. The van der Waals surface area contributed by atoms with E-state index in [-0.39, 0.29) is 10.8 Å². The molecule has 14 heavy (non-hydrogen) atoms. The summed E-state index contributed by atoms with van der Waals surface area (Å²) in [4.78, 5) is 21.2. The predicted molar refractivity (Wildman–Crippen MR) is 55.6 cm³/mol. The molecule has 0 heterocycles. The first kappa shape index (κ1) is 10.7. The number of thioether (sulfide) groups is 1. The van der Waals surface area contributed by atoms with Gasteiger partial charge in [-0.15, -0.1) is 0 Å². The first-order chi connectivity index (χ1) is 6.65. The third-order valence-corrected chi connectivity index (χ3v) is 2.38. The van der Waals surface area contributed by atoms with Crippen LogP contribution in [0.25, 0.3) is 0 Å². The lowest BCUT2D eigenvalue weighted by Gasteiger charge is -1.97. The van der Waals surface area contributed by atoms with Crippen LogP contribution < -0.4 is 0 Å². The maximum Gasteiger partial charge on any atom is 0.269 e. The average molecular weight is 211 g/mol. The number of carbonyl (C=O) groups is 1. The molecule has 0 saturated heterocycles. The number of nitro groups is 1. The number of rotatable bonds is 3. The summed E-state index contributed by atoms with van der Waals surface area (Å²) in [5.74, 6) is 0.704. The van der Waals surface area contributed by atoms with Gasteiger partial charge in [0.2, 0.25) is 5.12 Å². The molecule has 0 aliphatic carbocycles. The number of benzene rings is 1. The average Bonchev–Trinajstić information content (AvgIpc) is 2.18. The molecule has 0 aromatic heterocycles. The topological polar surface area (TPSA) is 60.2 Å². The lowest BCUT2D eigenvalue weighted by atomic mass is 10.2. The summed E-state index contributed by atoms with van der Waals surface area (Å²) in [7, 11) is 0. The van der Waals surface area contributed by atoms with Crippen LogP contribution in [0.4, 0.5) is 5.69 Å². The van der Waals surface area contributed by atoms with Gasteiger partial charge in [0.1, 0.15) is 0 Å². The van der Waals surface area contributed by atoms with Crippen LogP contribution >= 0.6 is 11.8 Å².